The number of imidazole rings is 1. The Labute approximate surface area is 107 Å². The van der Waals surface area contributed by atoms with Crippen LogP contribution in [0.3, 0.4) is 0 Å². The van der Waals surface area contributed by atoms with E-state index in [4.69, 9.17) is 5.73 Å². The lowest BCUT2D eigenvalue weighted by atomic mass is 10.3. The molecule has 0 amide bonds. The Balaban J connectivity index is 2.36. The van der Waals surface area contributed by atoms with Gasteiger partial charge in [-0.15, -0.1) is 0 Å². The second-order valence-electron chi connectivity index (χ2n) is 4.26. The van der Waals surface area contributed by atoms with Crippen molar-refractivity contribution in [1.29, 1.82) is 0 Å². The normalized spacial score (nSPS) is 11.1. The largest absolute Gasteiger partial charge is 0.369 e. The van der Waals surface area contributed by atoms with Gasteiger partial charge in [-0.2, -0.15) is 0 Å². The molecule has 4 nitrogen and oxygen atoms in total. The standard InChI is InChI=1S/C13H10F2N4/c1-7-4-10-12(17-6-7)19(13(16)18-10)11-5-8(14)2-3-9(11)15/h2-6H,1H3,(H2,16,18). The highest BCUT2D eigenvalue weighted by Crippen LogP contribution is 2.24. The van der Waals surface area contributed by atoms with Gasteiger partial charge in [0, 0.05) is 12.3 Å². The van der Waals surface area contributed by atoms with Crippen LogP contribution in [0, 0.1) is 18.6 Å². The molecule has 0 saturated carbocycles. The molecule has 2 aromatic heterocycles. The number of pyridine rings is 1. The van der Waals surface area contributed by atoms with Gasteiger partial charge >= 0.3 is 0 Å². The Morgan fingerprint density at radius 3 is 2.79 bits per heavy atom. The summed E-state index contributed by atoms with van der Waals surface area (Å²) in [7, 11) is 0. The van der Waals surface area contributed by atoms with E-state index in [1.165, 1.54) is 4.57 Å². The summed E-state index contributed by atoms with van der Waals surface area (Å²) in [6.07, 6.45) is 1.62. The number of nitrogens with two attached hydrogens (primary N) is 1. The molecule has 0 unspecified atom stereocenters. The molecule has 0 aliphatic carbocycles. The number of rotatable bonds is 1. The smallest absolute Gasteiger partial charge is 0.207 e. The molecule has 6 heteroatoms. The van der Waals surface area contributed by atoms with Gasteiger partial charge in [0.25, 0.3) is 0 Å². The Kier molecular flexibility index (Phi) is 2.45. The Morgan fingerprint density at radius 2 is 2.00 bits per heavy atom. The highest BCUT2D eigenvalue weighted by molar-refractivity contribution is 5.77. The van der Waals surface area contributed by atoms with Gasteiger partial charge in [0.05, 0.1) is 5.69 Å². The van der Waals surface area contributed by atoms with Crippen molar-refractivity contribution in [3.05, 3.63) is 47.7 Å². The third kappa shape index (κ3) is 1.81. The average molecular weight is 260 g/mol. The first kappa shape index (κ1) is 11.6. The number of halogens is 2. The van der Waals surface area contributed by atoms with Crippen molar-refractivity contribution in [3.63, 3.8) is 0 Å². The molecule has 96 valence electrons. The van der Waals surface area contributed by atoms with Gasteiger partial charge in [-0.05, 0) is 30.7 Å². The summed E-state index contributed by atoms with van der Waals surface area (Å²) in [5.74, 6) is -1.07. The molecule has 0 saturated heterocycles. The molecule has 3 rings (SSSR count). The zero-order chi connectivity index (χ0) is 13.6. The number of fused-ring (bicyclic) bond motifs is 1. The van der Waals surface area contributed by atoms with Gasteiger partial charge in [-0.3, -0.25) is 4.57 Å². The van der Waals surface area contributed by atoms with Crippen LogP contribution in [-0.2, 0) is 0 Å². The number of nitrogen functional groups attached to an aromatic ring is 1. The van der Waals surface area contributed by atoms with Crippen LogP contribution < -0.4 is 5.73 Å². The summed E-state index contributed by atoms with van der Waals surface area (Å²) < 4.78 is 28.4. The quantitative estimate of drug-likeness (QED) is 0.731. The Morgan fingerprint density at radius 1 is 1.21 bits per heavy atom. The van der Waals surface area contributed by atoms with Crippen molar-refractivity contribution in [3.8, 4) is 5.69 Å². The molecule has 0 aliphatic rings. The predicted octanol–water partition coefficient (Wildman–Crippen LogP) is 2.59. The molecule has 0 atom stereocenters. The molecule has 0 fully saturated rings. The second-order valence-corrected chi connectivity index (χ2v) is 4.26. The van der Waals surface area contributed by atoms with Crippen LogP contribution in [0.1, 0.15) is 5.56 Å². The van der Waals surface area contributed by atoms with Crippen LogP contribution in [0.2, 0.25) is 0 Å². The van der Waals surface area contributed by atoms with Gasteiger partial charge in [-0.25, -0.2) is 18.7 Å². The molecule has 2 N–H and O–H groups in total. The van der Waals surface area contributed by atoms with Gasteiger partial charge < -0.3 is 5.73 Å². The van der Waals surface area contributed by atoms with Crippen LogP contribution in [0.15, 0.2) is 30.5 Å². The summed E-state index contributed by atoms with van der Waals surface area (Å²) >= 11 is 0. The third-order valence-corrected chi connectivity index (χ3v) is 2.81. The molecule has 2 heterocycles. The highest BCUT2D eigenvalue weighted by atomic mass is 19.1. The zero-order valence-corrected chi connectivity index (χ0v) is 10.1. The fourth-order valence-electron chi connectivity index (χ4n) is 1.98. The first-order chi connectivity index (χ1) is 9.06. The summed E-state index contributed by atoms with van der Waals surface area (Å²) in [6.45, 7) is 1.87. The van der Waals surface area contributed by atoms with Crippen LogP contribution in [0.4, 0.5) is 14.7 Å². The fourth-order valence-corrected chi connectivity index (χ4v) is 1.98. The van der Waals surface area contributed by atoms with Crippen molar-refractivity contribution in [1.82, 2.24) is 14.5 Å². The number of hydrogen-bond acceptors (Lipinski definition) is 3. The molecule has 0 radical (unpaired) electrons. The molecule has 0 aliphatic heterocycles. The maximum Gasteiger partial charge on any atom is 0.207 e. The molecule has 0 spiro atoms. The lowest BCUT2D eigenvalue weighted by Crippen LogP contribution is -2.04. The predicted molar refractivity (Wildman–Crippen MR) is 67.9 cm³/mol. The highest BCUT2D eigenvalue weighted by Gasteiger charge is 2.15. The minimum atomic E-state index is -0.588. The van der Waals surface area contributed by atoms with E-state index in [1.54, 1.807) is 12.3 Å². The van der Waals surface area contributed by atoms with Crippen molar-refractivity contribution in [2.24, 2.45) is 0 Å². The van der Waals surface area contributed by atoms with Crippen LogP contribution in [0.25, 0.3) is 16.9 Å². The number of aryl methyl sites for hydroxylation is 1. The Bertz CT molecular complexity index is 780. The lowest BCUT2D eigenvalue weighted by molar-refractivity contribution is 0.594. The van der Waals surface area contributed by atoms with Crippen LogP contribution in [0.5, 0.6) is 0 Å². The van der Waals surface area contributed by atoms with E-state index in [0.717, 1.165) is 23.8 Å². The maximum atomic E-state index is 13.8. The summed E-state index contributed by atoms with van der Waals surface area (Å²) in [5.41, 5.74) is 7.63. The zero-order valence-electron chi connectivity index (χ0n) is 10.1. The van der Waals surface area contributed by atoms with Crippen molar-refractivity contribution >= 4 is 17.1 Å². The lowest BCUT2D eigenvalue weighted by Gasteiger charge is -2.07. The molecule has 1 aromatic carbocycles. The fraction of sp³-hybridized carbons (Fsp3) is 0.0769. The van der Waals surface area contributed by atoms with E-state index >= 15 is 0 Å². The van der Waals surface area contributed by atoms with Crippen molar-refractivity contribution in [2.45, 2.75) is 6.92 Å². The monoisotopic (exact) mass is 260 g/mol. The van der Waals surface area contributed by atoms with E-state index in [2.05, 4.69) is 9.97 Å². The van der Waals surface area contributed by atoms with Gasteiger partial charge in [0.2, 0.25) is 5.95 Å². The minimum Gasteiger partial charge on any atom is -0.369 e. The molecular formula is C13H10F2N4. The average Bonchev–Trinajstić information content (AvgIpc) is 2.67. The van der Waals surface area contributed by atoms with E-state index in [1.807, 2.05) is 6.92 Å². The first-order valence-corrected chi connectivity index (χ1v) is 5.62. The molecule has 0 bridgehead atoms. The SMILES string of the molecule is Cc1cnc2c(c1)nc(N)n2-c1cc(F)ccc1F. The number of anilines is 1. The number of hydrogen-bond donors (Lipinski definition) is 1. The van der Waals surface area contributed by atoms with Gasteiger partial charge in [0.1, 0.15) is 17.2 Å². The molecule has 3 aromatic rings. The van der Waals surface area contributed by atoms with Crippen LogP contribution >= 0.6 is 0 Å². The topological polar surface area (TPSA) is 56.7 Å². The van der Waals surface area contributed by atoms with E-state index in [9.17, 15) is 8.78 Å². The van der Waals surface area contributed by atoms with E-state index < -0.39 is 11.6 Å². The number of aromatic nitrogens is 3. The maximum absolute atomic E-state index is 13.8. The third-order valence-electron chi connectivity index (χ3n) is 2.81. The number of benzene rings is 1. The number of nitrogens with zero attached hydrogens (tertiary/aromatic N) is 3. The second kappa shape index (κ2) is 4.01. The Hall–Kier alpha value is -2.50. The summed E-state index contributed by atoms with van der Waals surface area (Å²) in [5, 5.41) is 0. The van der Waals surface area contributed by atoms with Gasteiger partial charge in [-0.1, -0.05) is 0 Å². The first-order valence-electron chi connectivity index (χ1n) is 5.62. The minimum absolute atomic E-state index is 0.00338. The van der Waals surface area contributed by atoms with Crippen molar-refractivity contribution < 1.29 is 8.78 Å². The van der Waals surface area contributed by atoms with Crippen LogP contribution in [-0.4, -0.2) is 14.5 Å². The van der Waals surface area contributed by atoms with E-state index in [-0.39, 0.29) is 11.6 Å². The molecule has 19 heavy (non-hydrogen) atoms. The summed E-state index contributed by atoms with van der Waals surface area (Å²) in [6, 6.07) is 4.94. The van der Waals surface area contributed by atoms with Crippen molar-refractivity contribution in [2.75, 3.05) is 5.73 Å². The van der Waals surface area contributed by atoms with Gasteiger partial charge in [0.15, 0.2) is 5.65 Å². The van der Waals surface area contributed by atoms with E-state index in [0.29, 0.717) is 11.2 Å². The summed E-state index contributed by atoms with van der Waals surface area (Å²) in [4.78, 5) is 8.29. The molecular weight excluding hydrogens is 250 g/mol.